The number of nitrogens with zero attached hydrogens (tertiary/aromatic N) is 3. The number of hydrogen-bond donors (Lipinski definition) is 3. The summed E-state index contributed by atoms with van der Waals surface area (Å²) in [6.45, 7) is 0.733. The molecule has 8 nitrogen and oxygen atoms in total. The summed E-state index contributed by atoms with van der Waals surface area (Å²) >= 11 is 0. The SMILES string of the molecule is O=C(O)N[C@H](c1cn2ncc(CC3CCNC3=O)cc2n1)C1CCCCCC1. The lowest BCUT2D eigenvalue weighted by Crippen LogP contribution is -2.32. The molecule has 0 spiro atoms. The number of rotatable bonds is 5. The van der Waals surface area contributed by atoms with Gasteiger partial charge in [0.25, 0.3) is 0 Å². The van der Waals surface area contributed by atoms with E-state index in [-0.39, 0.29) is 23.8 Å². The summed E-state index contributed by atoms with van der Waals surface area (Å²) in [4.78, 5) is 27.9. The Hall–Kier alpha value is -2.64. The van der Waals surface area contributed by atoms with Gasteiger partial charge in [0.2, 0.25) is 5.91 Å². The highest BCUT2D eigenvalue weighted by molar-refractivity contribution is 5.80. The van der Waals surface area contributed by atoms with Crippen molar-refractivity contribution in [2.24, 2.45) is 11.8 Å². The fourth-order valence-corrected chi connectivity index (χ4v) is 4.53. The standard InChI is InChI=1S/C20H27N5O3/c26-19-15(7-8-21-19)9-13-10-17-23-16(12-25(17)22-11-13)18(24-20(27)28)14-5-3-1-2-4-6-14/h10-12,14-15,18,24H,1-9H2,(H,21,26)(H,27,28)/t15?,18-/m0/s1. The zero-order valence-electron chi connectivity index (χ0n) is 15.9. The van der Waals surface area contributed by atoms with Gasteiger partial charge in [-0.1, -0.05) is 25.7 Å². The Morgan fingerprint density at radius 1 is 1.29 bits per heavy atom. The highest BCUT2D eigenvalue weighted by Crippen LogP contribution is 2.33. The first-order valence-corrected chi connectivity index (χ1v) is 10.2. The number of hydrogen-bond acceptors (Lipinski definition) is 4. The minimum atomic E-state index is -1.02. The molecule has 2 aliphatic rings. The third-order valence-corrected chi connectivity index (χ3v) is 6.01. The Bertz CT molecular complexity index is 857. The zero-order chi connectivity index (χ0) is 19.5. The topological polar surface area (TPSA) is 109 Å². The van der Waals surface area contributed by atoms with Crippen LogP contribution in [-0.4, -0.2) is 38.2 Å². The van der Waals surface area contributed by atoms with Crippen LogP contribution in [0.4, 0.5) is 4.79 Å². The van der Waals surface area contributed by atoms with Crippen molar-refractivity contribution >= 4 is 17.6 Å². The number of carboxylic acid groups (broad SMARTS) is 1. The van der Waals surface area contributed by atoms with Crippen LogP contribution < -0.4 is 10.6 Å². The Labute approximate surface area is 163 Å². The molecule has 1 saturated carbocycles. The first-order chi connectivity index (χ1) is 13.6. The van der Waals surface area contributed by atoms with Gasteiger partial charge >= 0.3 is 6.09 Å². The Balaban J connectivity index is 1.58. The van der Waals surface area contributed by atoms with Gasteiger partial charge in [0.15, 0.2) is 5.65 Å². The summed E-state index contributed by atoms with van der Waals surface area (Å²) in [5.74, 6) is 0.347. The molecule has 0 radical (unpaired) electrons. The van der Waals surface area contributed by atoms with E-state index in [1.54, 1.807) is 10.7 Å². The number of carbonyl (C=O) groups is 2. The van der Waals surface area contributed by atoms with Gasteiger partial charge in [-0.2, -0.15) is 5.10 Å². The van der Waals surface area contributed by atoms with Crippen LogP contribution >= 0.6 is 0 Å². The monoisotopic (exact) mass is 385 g/mol. The molecule has 3 heterocycles. The fourth-order valence-electron chi connectivity index (χ4n) is 4.53. The van der Waals surface area contributed by atoms with Gasteiger partial charge < -0.3 is 15.7 Å². The third kappa shape index (κ3) is 4.10. The molecule has 2 aromatic rings. The van der Waals surface area contributed by atoms with Crippen molar-refractivity contribution in [1.29, 1.82) is 0 Å². The smallest absolute Gasteiger partial charge is 0.405 e. The second kappa shape index (κ2) is 8.16. The molecule has 1 saturated heterocycles. The van der Waals surface area contributed by atoms with E-state index in [1.807, 2.05) is 12.3 Å². The van der Waals surface area contributed by atoms with Crippen LogP contribution in [-0.2, 0) is 11.2 Å². The van der Waals surface area contributed by atoms with E-state index < -0.39 is 6.09 Å². The number of fused-ring (bicyclic) bond motifs is 1. The third-order valence-electron chi connectivity index (χ3n) is 6.01. The predicted molar refractivity (Wildman–Crippen MR) is 103 cm³/mol. The maximum absolute atomic E-state index is 11.8. The van der Waals surface area contributed by atoms with Crippen molar-refractivity contribution in [3.8, 4) is 0 Å². The van der Waals surface area contributed by atoms with Crippen LogP contribution in [0.25, 0.3) is 5.65 Å². The number of aromatic nitrogens is 3. The fraction of sp³-hybridized carbons (Fsp3) is 0.600. The van der Waals surface area contributed by atoms with Gasteiger partial charge in [-0.05, 0) is 43.2 Å². The van der Waals surface area contributed by atoms with E-state index in [4.69, 9.17) is 4.98 Å². The molecule has 2 amide bonds. The van der Waals surface area contributed by atoms with Crippen LogP contribution in [0.5, 0.6) is 0 Å². The minimum Gasteiger partial charge on any atom is -0.465 e. The predicted octanol–water partition coefficient (Wildman–Crippen LogP) is 2.69. The molecule has 4 rings (SSSR count). The lowest BCUT2D eigenvalue weighted by atomic mass is 9.90. The molecule has 3 N–H and O–H groups in total. The molecule has 2 atom stereocenters. The Morgan fingerprint density at radius 3 is 2.75 bits per heavy atom. The molecule has 0 aromatic carbocycles. The molecule has 150 valence electrons. The molecule has 0 bridgehead atoms. The normalized spacial score (nSPS) is 22.0. The van der Waals surface area contributed by atoms with E-state index in [2.05, 4.69) is 15.7 Å². The van der Waals surface area contributed by atoms with E-state index in [0.717, 1.165) is 49.9 Å². The van der Waals surface area contributed by atoms with Crippen molar-refractivity contribution in [2.75, 3.05) is 6.54 Å². The average Bonchev–Trinajstić information content (AvgIpc) is 3.16. The summed E-state index contributed by atoms with van der Waals surface area (Å²) in [5, 5.41) is 19.3. The highest BCUT2D eigenvalue weighted by Gasteiger charge is 2.28. The summed E-state index contributed by atoms with van der Waals surface area (Å²) in [6, 6.07) is 1.63. The van der Waals surface area contributed by atoms with Gasteiger partial charge in [-0.3, -0.25) is 4.79 Å². The average molecular weight is 385 g/mol. The van der Waals surface area contributed by atoms with Crippen LogP contribution in [0.2, 0.25) is 0 Å². The van der Waals surface area contributed by atoms with Crippen molar-refractivity contribution < 1.29 is 14.7 Å². The number of imidazole rings is 1. The molecule has 2 aromatic heterocycles. The lowest BCUT2D eigenvalue weighted by Gasteiger charge is -2.24. The first kappa shape index (κ1) is 18.7. The van der Waals surface area contributed by atoms with E-state index in [0.29, 0.717) is 12.1 Å². The number of carbonyl (C=O) groups excluding carboxylic acids is 1. The maximum Gasteiger partial charge on any atom is 0.405 e. The van der Waals surface area contributed by atoms with Crippen molar-refractivity contribution in [2.45, 2.75) is 57.4 Å². The molecule has 28 heavy (non-hydrogen) atoms. The van der Waals surface area contributed by atoms with Crippen molar-refractivity contribution in [3.05, 3.63) is 29.7 Å². The lowest BCUT2D eigenvalue weighted by molar-refractivity contribution is -0.122. The van der Waals surface area contributed by atoms with Crippen LogP contribution in [0, 0.1) is 11.8 Å². The minimum absolute atomic E-state index is 0.00824. The summed E-state index contributed by atoms with van der Waals surface area (Å²) < 4.78 is 1.70. The molecule has 1 unspecified atom stereocenters. The summed E-state index contributed by atoms with van der Waals surface area (Å²) in [7, 11) is 0. The maximum atomic E-state index is 11.8. The molecule has 1 aliphatic heterocycles. The van der Waals surface area contributed by atoms with Gasteiger partial charge in [-0.15, -0.1) is 0 Å². The molecule has 8 heteroatoms. The Kier molecular flexibility index (Phi) is 5.45. The molecule has 2 fully saturated rings. The summed E-state index contributed by atoms with van der Waals surface area (Å²) in [5.41, 5.74) is 2.39. The van der Waals surface area contributed by atoms with Crippen LogP contribution in [0.15, 0.2) is 18.5 Å². The van der Waals surface area contributed by atoms with Gasteiger partial charge in [0.1, 0.15) is 0 Å². The second-order valence-electron chi connectivity index (χ2n) is 7.99. The first-order valence-electron chi connectivity index (χ1n) is 10.2. The van der Waals surface area contributed by atoms with E-state index in [9.17, 15) is 14.7 Å². The number of nitrogens with one attached hydrogen (secondary N) is 2. The molecular formula is C20H27N5O3. The van der Waals surface area contributed by atoms with Gasteiger partial charge in [-0.25, -0.2) is 14.3 Å². The highest BCUT2D eigenvalue weighted by atomic mass is 16.4. The number of amides is 2. The molecule has 1 aliphatic carbocycles. The second-order valence-corrected chi connectivity index (χ2v) is 7.99. The molecular weight excluding hydrogens is 358 g/mol. The van der Waals surface area contributed by atoms with E-state index >= 15 is 0 Å². The van der Waals surface area contributed by atoms with Crippen LogP contribution in [0.3, 0.4) is 0 Å². The van der Waals surface area contributed by atoms with Crippen molar-refractivity contribution in [1.82, 2.24) is 25.2 Å². The van der Waals surface area contributed by atoms with Gasteiger partial charge in [0, 0.05) is 12.5 Å². The quantitative estimate of drug-likeness (QED) is 0.686. The Morgan fingerprint density at radius 2 is 2.07 bits per heavy atom. The van der Waals surface area contributed by atoms with Crippen LogP contribution in [0.1, 0.15) is 62.2 Å². The van der Waals surface area contributed by atoms with Crippen molar-refractivity contribution in [3.63, 3.8) is 0 Å². The largest absolute Gasteiger partial charge is 0.465 e. The summed E-state index contributed by atoms with van der Waals surface area (Å²) in [6.07, 6.45) is 10.8. The van der Waals surface area contributed by atoms with Gasteiger partial charge in [0.05, 0.1) is 24.1 Å². The van der Waals surface area contributed by atoms with E-state index in [1.165, 1.54) is 12.8 Å². The zero-order valence-corrected chi connectivity index (χ0v) is 15.9.